The normalized spacial score (nSPS) is 22.3. The molecule has 2 aliphatic carbocycles. The number of unbranched alkanes of at least 4 members (excludes halogenated alkanes) is 1. The van der Waals surface area contributed by atoms with Gasteiger partial charge in [0.25, 0.3) is 0 Å². The number of amides is 1. The summed E-state index contributed by atoms with van der Waals surface area (Å²) in [6.07, 6.45) is 17.0. The van der Waals surface area contributed by atoms with Crippen molar-refractivity contribution in [2.75, 3.05) is 0 Å². The van der Waals surface area contributed by atoms with Crippen molar-refractivity contribution in [1.82, 2.24) is 20.1 Å². The number of hydrogen-bond donors (Lipinski definition) is 1. The van der Waals surface area contributed by atoms with Crippen LogP contribution in [-0.2, 0) is 11.3 Å². The van der Waals surface area contributed by atoms with Crippen molar-refractivity contribution < 1.29 is 4.79 Å². The minimum atomic E-state index is 0.180. The Balaban J connectivity index is 1.37. The molecule has 0 aromatic carbocycles. The van der Waals surface area contributed by atoms with Gasteiger partial charge in [-0.05, 0) is 62.6 Å². The maximum absolute atomic E-state index is 12.8. The molecule has 0 radical (unpaired) electrons. The van der Waals surface area contributed by atoms with Gasteiger partial charge in [-0.3, -0.25) is 14.5 Å². The first-order valence-corrected chi connectivity index (χ1v) is 12.0. The summed E-state index contributed by atoms with van der Waals surface area (Å²) in [6.45, 7) is 2.78. The van der Waals surface area contributed by atoms with E-state index in [1.54, 1.807) is 0 Å². The monoisotopic (exact) mass is 408 g/mol. The number of carbonyl (C=O) groups is 1. The first kappa shape index (κ1) is 21.1. The molecule has 5 heteroatoms. The molecule has 2 aromatic heterocycles. The fraction of sp³-hybridized carbons (Fsp3) is 0.640. The van der Waals surface area contributed by atoms with E-state index in [2.05, 4.69) is 28.0 Å². The number of rotatable bonds is 8. The second kappa shape index (κ2) is 10.2. The van der Waals surface area contributed by atoms with E-state index in [0.29, 0.717) is 12.6 Å². The van der Waals surface area contributed by atoms with Crippen LogP contribution in [0.1, 0.15) is 89.3 Å². The number of nitrogens with one attached hydrogen (secondary N) is 1. The van der Waals surface area contributed by atoms with Crippen molar-refractivity contribution in [2.24, 2.45) is 11.8 Å². The van der Waals surface area contributed by atoms with Crippen LogP contribution >= 0.6 is 0 Å². The Morgan fingerprint density at radius 2 is 1.83 bits per heavy atom. The van der Waals surface area contributed by atoms with Crippen LogP contribution in [0, 0.1) is 11.8 Å². The van der Waals surface area contributed by atoms with E-state index < -0.39 is 0 Å². The second-order valence-electron chi connectivity index (χ2n) is 9.22. The van der Waals surface area contributed by atoms with Crippen LogP contribution < -0.4 is 5.32 Å². The molecule has 0 atom stereocenters. The average molecular weight is 409 g/mol. The van der Waals surface area contributed by atoms with Gasteiger partial charge in [0.15, 0.2) is 0 Å². The Morgan fingerprint density at radius 3 is 2.53 bits per heavy atom. The van der Waals surface area contributed by atoms with Crippen molar-refractivity contribution in [3.8, 4) is 11.3 Å². The topological polar surface area (TPSA) is 59.8 Å². The van der Waals surface area contributed by atoms with Crippen LogP contribution in [-0.4, -0.2) is 20.7 Å². The highest BCUT2D eigenvalue weighted by molar-refractivity contribution is 5.78. The molecule has 0 unspecified atom stereocenters. The lowest BCUT2D eigenvalue weighted by molar-refractivity contribution is -0.126. The first-order chi connectivity index (χ1) is 14.7. The molecule has 0 saturated heterocycles. The predicted octanol–water partition coefficient (Wildman–Crippen LogP) is 5.67. The highest BCUT2D eigenvalue weighted by Crippen LogP contribution is 2.34. The van der Waals surface area contributed by atoms with E-state index >= 15 is 0 Å². The average Bonchev–Trinajstić information content (AvgIpc) is 3.47. The Labute approximate surface area is 180 Å². The molecule has 0 aliphatic heterocycles. The predicted molar refractivity (Wildman–Crippen MR) is 120 cm³/mol. The molecule has 2 aliphatic rings. The third-order valence-corrected chi connectivity index (χ3v) is 7.06. The van der Waals surface area contributed by atoms with Gasteiger partial charge in [0.05, 0.1) is 24.0 Å². The second-order valence-corrected chi connectivity index (χ2v) is 9.22. The van der Waals surface area contributed by atoms with E-state index in [0.717, 1.165) is 35.7 Å². The molecule has 5 nitrogen and oxygen atoms in total. The quantitative estimate of drug-likeness (QED) is 0.612. The molecule has 2 saturated carbocycles. The summed E-state index contributed by atoms with van der Waals surface area (Å²) in [7, 11) is 0. The summed E-state index contributed by atoms with van der Waals surface area (Å²) in [4.78, 5) is 16.9. The molecule has 2 fully saturated rings. The molecule has 1 N–H and O–H groups in total. The van der Waals surface area contributed by atoms with Crippen molar-refractivity contribution in [3.63, 3.8) is 0 Å². The van der Waals surface area contributed by atoms with Crippen molar-refractivity contribution in [2.45, 2.75) is 90.1 Å². The van der Waals surface area contributed by atoms with E-state index in [9.17, 15) is 4.79 Å². The summed E-state index contributed by atoms with van der Waals surface area (Å²) in [5.74, 6) is 1.23. The van der Waals surface area contributed by atoms with Crippen molar-refractivity contribution in [1.29, 1.82) is 0 Å². The third-order valence-electron chi connectivity index (χ3n) is 7.06. The van der Waals surface area contributed by atoms with E-state index in [4.69, 9.17) is 5.10 Å². The van der Waals surface area contributed by atoms with E-state index in [1.165, 1.54) is 57.8 Å². The lowest BCUT2D eigenvalue weighted by atomic mass is 9.79. The zero-order valence-corrected chi connectivity index (χ0v) is 18.4. The standard InChI is InChI=1S/C25H36N4O/c1-2-3-6-19-9-11-21(12-10-19)25(30)27-18-22-17-24(20-13-15-26-16-14-20)29(28-22)23-7-4-5-8-23/h13-17,19,21,23H,2-12,18H2,1H3,(H,27,30). The Morgan fingerprint density at radius 1 is 1.10 bits per heavy atom. The van der Waals surface area contributed by atoms with E-state index in [1.807, 2.05) is 24.5 Å². The van der Waals surface area contributed by atoms with Gasteiger partial charge in [-0.2, -0.15) is 5.10 Å². The zero-order chi connectivity index (χ0) is 20.8. The lowest BCUT2D eigenvalue weighted by Gasteiger charge is -2.27. The fourth-order valence-corrected chi connectivity index (χ4v) is 5.23. The number of hydrogen-bond acceptors (Lipinski definition) is 3. The minimum Gasteiger partial charge on any atom is -0.350 e. The molecule has 2 heterocycles. The number of pyridine rings is 1. The zero-order valence-electron chi connectivity index (χ0n) is 18.4. The van der Waals surface area contributed by atoms with Crippen LogP contribution in [0.3, 0.4) is 0 Å². The highest BCUT2D eigenvalue weighted by Gasteiger charge is 2.26. The molecule has 2 aromatic rings. The molecule has 1 amide bonds. The third kappa shape index (κ3) is 5.11. The highest BCUT2D eigenvalue weighted by atomic mass is 16.1. The van der Waals surface area contributed by atoms with Crippen molar-refractivity contribution >= 4 is 5.91 Å². The van der Waals surface area contributed by atoms with Gasteiger partial charge >= 0.3 is 0 Å². The Hall–Kier alpha value is -2.17. The van der Waals surface area contributed by atoms with Crippen molar-refractivity contribution in [3.05, 3.63) is 36.3 Å². The minimum absolute atomic E-state index is 0.180. The SMILES string of the molecule is CCCCC1CCC(C(=O)NCc2cc(-c3ccncc3)n(C3CCCC3)n2)CC1. The largest absolute Gasteiger partial charge is 0.350 e. The van der Waals surface area contributed by atoms with E-state index in [-0.39, 0.29) is 11.8 Å². The summed E-state index contributed by atoms with van der Waals surface area (Å²) >= 11 is 0. The van der Waals surface area contributed by atoms with Crippen LogP contribution in [0.5, 0.6) is 0 Å². The van der Waals surface area contributed by atoms with Gasteiger partial charge in [0.1, 0.15) is 0 Å². The fourth-order valence-electron chi connectivity index (χ4n) is 5.23. The first-order valence-electron chi connectivity index (χ1n) is 12.0. The van der Waals surface area contributed by atoms with Gasteiger partial charge in [-0.25, -0.2) is 0 Å². The van der Waals surface area contributed by atoms with Crippen LogP contribution in [0.2, 0.25) is 0 Å². The van der Waals surface area contributed by atoms with Crippen LogP contribution in [0.15, 0.2) is 30.6 Å². The molecule has 0 bridgehead atoms. The molecular weight excluding hydrogens is 372 g/mol. The summed E-state index contributed by atoms with van der Waals surface area (Å²) in [5.41, 5.74) is 3.25. The maximum atomic E-state index is 12.8. The Kier molecular flexibility index (Phi) is 7.19. The maximum Gasteiger partial charge on any atom is 0.223 e. The summed E-state index contributed by atoms with van der Waals surface area (Å²) in [5, 5.41) is 8.10. The molecule has 4 rings (SSSR count). The molecule has 30 heavy (non-hydrogen) atoms. The van der Waals surface area contributed by atoms with Gasteiger partial charge < -0.3 is 5.32 Å². The Bertz CT molecular complexity index is 802. The number of nitrogens with zero attached hydrogens (tertiary/aromatic N) is 3. The number of carbonyl (C=O) groups excluding carboxylic acids is 1. The smallest absolute Gasteiger partial charge is 0.223 e. The number of aromatic nitrogens is 3. The molecular formula is C25H36N4O. The van der Waals surface area contributed by atoms with Crippen LogP contribution in [0.25, 0.3) is 11.3 Å². The lowest BCUT2D eigenvalue weighted by Crippen LogP contribution is -2.33. The summed E-state index contributed by atoms with van der Waals surface area (Å²) in [6, 6.07) is 6.70. The van der Waals surface area contributed by atoms with Gasteiger partial charge in [0, 0.05) is 23.9 Å². The van der Waals surface area contributed by atoms with Gasteiger partial charge in [-0.1, -0.05) is 39.0 Å². The van der Waals surface area contributed by atoms with Gasteiger partial charge in [-0.15, -0.1) is 0 Å². The van der Waals surface area contributed by atoms with Gasteiger partial charge in [0.2, 0.25) is 5.91 Å². The summed E-state index contributed by atoms with van der Waals surface area (Å²) < 4.78 is 2.20. The molecule has 162 valence electrons. The molecule has 0 spiro atoms. The van der Waals surface area contributed by atoms with Crippen LogP contribution in [0.4, 0.5) is 0 Å².